The third kappa shape index (κ3) is 4.98. The normalized spacial score (nSPS) is 11.0. The highest BCUT2D eigenvalue weighted by atomic mass is 15.3. The summed E-state index contributed by atoms with van der Waals surface area (Å²) in [6, 6.07) is 8.37. The van der Waals surface area contributed by atoms with Gasteiger partial charge in [-0.25, -0.2) is 0 Å². The second-order valence-electron chi connectivity index (χ2n) is 6.18. The summed E-state index contributed by atoms with van der Waals surface area (Å²) in [4.78, 5) is 4.43. The Morgan fingerprint density at radius 1 is 1.05 bits per heavy atom. The van der Waals surface area contributed by atoms with Gasteiger partial charge < -0.3 is 10.6 Å². The molecule has 5 nitrogen and oxygen atoms in total. The van der Waals surface area contributed by atoms with Crippen molar-refractivity contribution < 1.29 is 0 Å². The van der Waals surface area contributed by atoms with Gasteiger partial charge in [-0.2, -0.15) is 10.1 Å². The van der Waals surface area contributed by atoms with Crippen molar-refractivity contribution in [1.29, 1.82) is 0 Å². The highest BCUT2D eigenvalue weighted by Gasteiger charge is 2.03. The van der Waals surface area contributed by atoms with Crippen molar-refractivity contribution in [2.24, 2.45) is 5.92 Å². The largest absolute Gasteiger partial charge is 0.353 e. The first-order chi connectivity index (χ1) is 10.5. The van der Waals surface area contributed by atoms with E-state index in [-0.39, 0.29) is 0 Å². The number of hydrogen-bond donors (Lipinski definition) is 2. The number of aromatic nitrogens is 3. The van der Waals surface area contributed by atoms with E-state index in [9.17, 15) is 0 Å². The molecular formula is C17H25N5. The molecule has 0 spiro atoms. The van der Waals surface area contributed by atoms with E-state index in [1.807, 2.05) is 0 Å². The average molecular weight is 299 g/mol. The number of nitrogens with zero attached hydrogens (tertiary/aromatic N) is 3. The maximum absolute atomic E-state index is 4.43. The van der Waals surface area contributed by atoms with Gasteiger partial charge in [-0.05, 0) is 36.0 Å². The Labute approximate surface area is 132 Å². The van der Waals surface area contributed by atoms with Crippen LogP contribution in [0.1, 0.15) is 45.6 Å². The Kier molecular flexibility index (Phi) is 5.69. The summed E-state index contributed by atoms with van der Waals surface area (Å²) in [5, 5.41) is 14.4. The third-order valence-corrected chi connectivity index (χ3v) is 3.41. The zero-order chi connectivity index (χ0) is 15.9. The first-order valence-corrected chi connectivity index (χ1v) is 7.85. The molecule has 0 saturated carbocycles. The van der Waals surface area contributed by atoms with E-state index in [2.05, 4.69) is 77.8 Å². The molecule has 0 radical (unpaired) electrons. The summed E-state index contributed by atoms with van der Waals surface area (Å²) in [7, 11) is 0. The maximum atomic E-state index is 4.43. The number of hydrogen-bond acceptors (Lipinski definition) is 5. The van der Waals surface area contributed by atoms with Gasteiger partial charge in [0.2, 0.25) is 5.95 Å². The molecule has 0 aliphatic rings. The van der Waals surface area contributed by atoms with Gasteiger partial charge in [0.15, 0.2) is 5.82 Å². The third-order valence-electron chi connectivity index (χ3n) is 3.41. The molecule has 0 aliphatic heterocycles. The molecule has 1 aromatic carbocycles. The molecule has 0 fully saturated rings. The predicted octanol–water partition coefficient (Wildman–Crippen LogP) is 4.20. The van der Waals surface area contributed by atoms with E-state index in [4.69, 9.17) is 0 Å². The van der Waals surface area contributed by atoms with Crippen molar-refractivity contribution in [2.75, 3.05) is 17.2 Å². The number of benzene rings is 1. The molecule has 5 heteroatoms. The van der Waals surface area contributed by atoms with Gasteiger partial charge in [0, 0.05) is 12.2 Å². The van der Waals surface area contributed by atoms with E-state index in [0.29, 0.717) is 23.6 Å². The highest BCUT2D eigenvalue weighted by molar-refractivity contribution is 5.56. The summed E-state index contributed by atoms with van der Waals surface area (Å²) >= 11 is 0. The van der Waals surface area contributed by atoms with Crippen molar-refractivity contribution in [3.8, 4) is 0 Å². The minimum Gasteiger partial charge on any atom is -0.353 e. The van der Waals surface area contributed by atoms with Crippen LogP contribution in [0, 0.1) is 5.92 Å². The van der Waals surface area contributed by atoms with Gasteiger partial charge in [0.1, 0.15) is 0 Å². The number of anilines is 3. The standard InChI is InChI=1S/C17H25N5/c1-12(2)9-10-18-17-21-16(11-19-22-17)20-15-7-5-14(6-8-15)13(3)4/h5-8,11-13H,9-10H2,1-4H3,(H2,18,20,21,22). The van der Waals surface area contributed by atoms with Gasteiger partial charge in [-0.15, -0.1) is 5.10 Å². The van der Waals surface area contributed by atoms with E-state index in [1.165, 1.54) is 5.56 Å². The summed E-state index contributed by atoms with van der Waals surface area (Å²) in [6.07, 6.45) is 2.71. The summed E-state index contributed by atoms with van der Waals surface area (Å²) < 4.78 is 0. The summed E-state index contributed by atoms with van der Waals surface area (Å²) in [5.41, 5.74) is 2.32. The van der Waals surface area contributed by atoms with Crippen LogP contribution in [-0.2, 0) is 0 Å². The van der Waals surface area contributed by atoms with Gasteiger partial charge in [-0.3, -0.25) is 0 Å². The SMILES string of the molecule is CC(C)CCNc1nncc(Nc2ccc(C(C)C)cc2)n1. The second-order valence-corrected chi connectivity index (χ2v) is 6.18. The molecule has 1 aromatic heterocycles. The van der Waals surface area contributed by atoms with Gasteiger partial charge in [-0.1, -0.05) is 39.8 Å². The Morgan fingerprint density at radius 2 is 1.77 bits per heavy atom. The van der Waals surface area contributed by atoms with Crippen LogP contribution >= 0.6 is 0 Å². The van der Waals surface area contributed by atoms with Crippen LogP contribution < -0.4 is 10.6 Å². The fraction of sp³-hybridized carbons (Fsp3) is 0.471. The van der Waals surface area contributed by atoms with Crippen molar-refractivity contribution in [2.45, 2.75) is 40.0 Å². The lowest BCUT2D eigenvalue weighted by atomic mass is 10.0. The lowest BCUT2D eigenvalue weighted by Gasteiger charge is -2.10. The highest BCUT2D eigenvalue weighted by Crippen LogP contribution is 2.19. The molecule has 0 bridgehead atoms. The molecule has 22 heavy (non-hydrogen) atoms. The van der Waals surface area contributed by atoms with Crippen molar-refractivity contribution >= 4 is 17.5 Å². The maximum Gasteiger partial charge on any atom is 0.244 e. The average Bonchev–Trinajstić information content (AvgIpc) is 2.48. The van der Waals surface area contributed by atoms with Crippen LogP contribution in [0.3, 0.4) is 0 Å². The fourth-order valence-electron chi connectivity index (χ4n) is 2.01. The summed E-state index contributed by atoms with van der Waals surface area (Å²) in [5.74, 6) is 2.44. The molecule has 1 heterocycles. The van der Waals surface area contributed by atoms with Gasteiger partial charge >= 0.3 is 0 Å². The van der Waals surface area contributed by atoms with Crippen LogP contribution in [0.2, 0.25) is 0 Å². The van der Waals surface area contributed by atoms with E-state index in [0.717, 1.165) is 18.7 Å². The van der Waals surface area contributed by atoms with Gasteiger partial charge in [0.25, 0.3) is 0 Å². The van der Waals surface area contributed by atoms with E-state index >= 15 is 0 Å². The van der Waals surface area contributed by atoms with Crippen LogP contribution in [0.25, 0.3) is 0 Å². The Bertz CT molecular complexity index is 578. The molecule has 0 aliphatic carbocycles. The minimum absolute atomic E-state index is 0.534. The quantitative estimate of drug-likeness (QED) is 0.802. The predicted molar refractivity (Wildman–Crippen MR) is 91.6 cm³/mol. The molecule has 118 valence electrons. The monoisotopic (exact) mass is 299 g/mol. The first kappa shape index (κ1) is 16.2. The lowest BCUT2D eigenvalue weighted by molar-refractivity contribution is 0.605. The number of rotatable bonds is 7. The Hall–Kier alpha value is -2.17. The van der Waals surface area contributed by atoms with Crippen molar-refractivity contribution in [3.63, 3.8) is 0 Å². The molecular weight excluding hydrogens is 274 g/mol. The van der Waals surface area contributed by atoms with Crippen LogP contribution in [0.15, 0.2) is 30.5 Å². The smallest absolute Gasteiger partial charge is 0.244 e. The molecule has 2 N–H and O–H groups in total. The minimum atomic E-state index is 0.534. The molecule has 0 unspecified atom stereocenters. The van der Waals surface area contributed by atoms with E-state index < -0.39 is 0 Å². The molecule has 2 rings (SSSR count). The zero-order valence-corrected chi connectivity index (χ0v) is 13.8. The fourth-order valence-corrected chi connectivity index (χ4v) is 2.01. The molecule has 2 aromatic rings. The molecule has 0 saturated heterocycles. The number of nitrogens with one attached hydrogen (secondary N) is 2. The van der Waals surface area contributed by atoms with E-state index in [1.54, 1.807) is 6.20 Å². The molecule has 0 atom stereocenters. The van der Waals surface area contributed by atoms with Crippen LogP contribution in [-0.4, -0.2) is 21.7 Å². The zero-order valence-electron chi connectivity index (χ0n) is 13.8. The topological polar surface area (TPSA) is 62.7 Å². The lowest BCUT2D eigenvalue weighted by Crippen LogP contribution is -2.09. The first-order valence-electron chi connectivity index (χ1n) is 7.85. The van der Waals surface area contributed by atoms with Gasteiger partial charge in [0.05, 0.1) is 6.20 Å². The summed E-state index contributed by atoms with van der Waals surface area (Å²) in [6.45, 7) is 9.61. The van der Waals surface area contributed by atoms with Crippen molar-refractivity contribution in [1.82, 2.24) is 15.2 Å². The Balaban J connectivity index is 1.97. The Morgan fingerprint density at radius 3 is 2.41 bits per heavy atom. The van der Waals surface area contributed by atoms with Crippen LogP contribution in [0.4, 0.5) is 17.5 Å². The second kappa shape index (κ2) is 7.73. The van der Waals surface area contributed by atoms with Crippen LogP contribution in [0.5, 0.6) is 0 Å². The molecule has 0 amide bonds. The van der Waals surface area contributed by atoms with Crippen molar-refractivity contribution in [3.05, 3.63) is 36.0 Å².